The van der Waals surface area contributed by atoms with Crippen molar-refractivity contribution in [1.29, 1.82) is 0 Å². The molecule has 0 N–H and O–H groups in total. The molecule has 152 valence electrons. The van der Waals surface area contributed by atoms with Crippen molar-refractivity contribution in [3.63, 3.8) is 0 Å². The highest BCUT2D eigenvalue weighted by Crippen LogP contribution is 2.16. The van der Waals surface area contributed by atoms with Gasteiger partial charge >= 0.3 is 0 Å². The molecule has 0 saturated carbocycles. The van der Waals surface area contributed by atoms with Gasteiger partial charge in [0.1, 0.15) is 0 Å². The van der Waals surface area contributed by atoms with Crippen LogP contribution in [0.4, 0.5) is 0 Å². The standard InChI is InChI=1S/C6H14.C5H12.C4H10.7CH4/c1-5-6(2,3)4;1-4-5(2)3;1-3-4-2;;;;;;;/h5H2,1-4H3;5H,4H2,1-3H3;3-4H2,1-2H3;7*1H4. The molecule has 0 radical (unpaired) electrons. The summed E-state index contributed by atoms with van der Waals surface area (Å²) < 4.78 is 0. The number of unbranched alkanes of at least 4 members (excludes halogenated alkanes) is 1. The summed E-state index contributed by atoms with van der Waals surface area (Å²) in [7, 11) is 0. The smallest absolute Gasteiger partial charge is 0.0385 e. The minimum atomic E-state index is 0. The van der Waals surface area contributed by atoms with Gasteiger partial charge in [0.25, 0.3) is 0 Å². The lowest BCUT2D eigenvalue weighted by Crippen LogP contribution is -2.00. The van der Waals surface area contributed by atoms with Gasteiger partial charge in [0.05, 0.1) is 0 Å². The van der Waals surface area contributed by atoms with Crippen LogP contribution < -0.4 is 0 Å². The van der Waals surface area contributed by atoms with Crippen molar-refractivity contribution in [3.8, 4) is 0 Å². The van der Waals surface area contributed by atoms with Crippen molar-refractivity contribution >= 4 is 0 Å². The molecule has 0 aliphatic carbocycles. The first-order valence-corrected chi connectivity index (χ1v) is 6.74. The summed E-state index contributed by atoms with van der Waals surface area (Å²) in [6.07, 6.45) is 5.22. The monoisotopic (exact) mass is 329 g/mol. The first kappa shape index (κ1) is 67.4. The second kappa shape index (κ2) is 49.7. The van der Waals surface area contributed by atoms with Gasteiger partial charge in [-0.05, 0) is 11.3 Å². The third kappa shape index (κ3) is 201. The summed E-state index contributed by atoms with van der Waals surface area (Å²) in [6.45, 7) is 19.9. The largest absolute Gasteiger partial charge is 0.0776 e. The first-order valence-electron chi connectivity index (χ1n) is 6.74. The van der Waals surface area contributed by atoms with Crippen molar-refractivity contribution in [2.45, 2.75) is 140 Å². The Morgan fingerprint density at radius 1 is 0.591 bits per heavy atom. The van der Waals surface area contributed by atoms with Gasteiger partial charge in [-0.3, -0.25) is 0 Å². The van der Waals surface area contributed by atoms with Crippen molar-refractivity contribution in [3.05, 3.63) is 0 Å². The molecule has 0 rings (SSSR count). The van der Waals surface area contributed by atoms with Crippen LogP contribution in [0.1, 0.15) is 140 Å². The van der Waals surface area contributed by atoms with Gasteiger partial charge in [-0.25, -0.2) is 0 Å². The highest BCUT2D eigenvalue weighted by atomic mass is 14.1. The van der Waals surface area contributed by atoms with Crippen LogP contribution in [-0.4, -0.2) is 0 Å². The number of hydrogen-bond acceptors (Lipinski definition) is 0. The second-order valence-electron chi connectivity index (χ2n) is 5.72. The third-order valence-electron chi connectivity index (χ3n) is 2.38. The maximum atomic E-state index is 2.24. The van der Waals surface area contributed by atoms with Crippen LogP contribution in [0.15, 0.2) is 0 Å². The number of hydrogen-bond donors (Lipinski definition) is 0. The fraction of sp³-hybridized carbons (Fsp3) is 1.00. The molecule has 0 fully saturated rings. The highest BCUT2D eigenvalue weighted by Gasteiger charge is 2.03. The van der Waals surface area contributed by atoms with Gasteiger partial charge in [0.2, 0.25) is 0 Å². The van der Waals surface area contributed by atoms with Crippen molar-refractivity contribution in [2.75, 3.05) is 0 Å². The summed E-state index contributed by atoms with van der Waals surface area (Å²) in [5, 5.41) is 0. The summed E-state index contributed by atoms with van der Waals surface area (Å²) in [5.74, 6) is 0.884. The van der Waals surface area contributed by atoms with E-state index in [4.69, 9.17) is 0 Å². The molecule has 22 heavy (non-hydrogen) atoms. The Morgan fingerprint density at radius 2 is 0.727 bits per heavy atom. The van der Waals surface area contributed by atoms with E-state index in [0.717, 1.165) is 5.92 Å². The van der Waals surface area contributed by atoms with Crippen molar-refractivity contribution in [1.82, 2.24) is 0 Å². The SMILES string of the molecule is C.C.C.C.C.C.C.CCC(C)(C)C.CCC(C)C.CCCC. The summed E-state index contributed by atoms with van der Waals surface area (Å²) >= 11 is 0. The minimum absolute atomic E-state index is 0. The van der Waals surface area contributed by atoms with Crippen LogP contribution in [0.2, 0.25) is 0 Å². The molecule has 0 heteroatoms. The van der Waals surface area contributed by atoms with Gasteiger partial charge in [-0.15, -0.1) is 0 Å². The molecule has 0 bridgehead atoms. The Hall–Kier alpha value is 0. The average molecular weight is 329 g/mol. The zero-order valence-corrected chi connectivity index (χ0v) is 12.9. The van der Waals surface area contributed by atoms with Crippen molar-refractivity contribution < 1.29 is 0 Å². The number of rotatable bonds is 2. The van der Waals surface area contributed by atoms with Crippen LogP contribution in [0.25, 0.3) is 0 Å². The molecule has 0 aromatic rings. The third-order valence-corrected chi connectivity index (χ3v) is 2.38. The van der Waals surface area contributed by atoms with E-state index in [-0.39, 0.29) is 52.0 Å². The first-order chi connectivity index (χ1) is 6.74. The summed E-state index contributed by atoms with van der Waals surface area (Å²) in [6, 6.07) is 0. The molecule has 0 heterocycles. The Labute approximate surface area is 151 Å². The topological polar surface area (TPSA) is 0 Å². The van der Waals surface area contributed by atoms with Crippen LogP contribution in [0.3, 0.4) is 0 Å². The fourth-order valence-corrected chi connectivity index (χ4v) is 0. The van der Waals surface area contributed by atoms with Crippen LogP contribution in [0.5, 0.6) is 0 Å². The van der Waals surface area contributed by atoms with E-state index >= 15 is 0 Å². The van der Waals surface area contributed by atoms with E-state index < -0.39 is 0 Å². The molecule has 0 aromatic carbocycles. The maximum absolute atomic E-state index is 2.24. The zero-order chi connectivity index (χ0) is 12.9. The quantitative estimate of drug-likeness (QED) is 0.472. The Bertz CT molecular complexity index is 82.7. The Kier molecular flexibility index (Phi) is 152. The predicted octanol–water partition coefficient (Wildman–Crippen LogP) is 10.8. The lowest BCUT2D eigenvalue weighted by atomic mass is 9.94. The molecule has 0 unspecified atom stereocenters. The van der Waals surface area contributed by atoms with Gasteiger partial charge in [-0.2, -0.15) is 0 Å². The normalized spacial score (nSPS) is 6.82. The second-order valence-corrected chi connectivity index (χ2v) is 5.72. The van der Waals surface area contributed by atoms with E-state index in [1.165, 1.54) is 25.7 Å². The van der Waals surface area contributed by atoms with Crippen LogP contribution in [0, 0.1) is 11.3 Å². The van der Waals surface area contributed by atoms with E-state index in [1.54, 1.807) is 0 Å². The molecule has 0 amide bonds. The Balaban J connectivity index is -0.0000000107. The van der Waals surface area contributed by atoms with E-state index in [2.05, 4.69) is 62.3 Å². The minimum Gasteiger partial charge on any atom is -0.0776 e. The lowest BCUT2D eigenvalue weighted by molar-refractivity contribution is 0.398. The molecule has 0 aromatic heterocycles. The van der Waals surface area contributed by atoms with Gasteiger partial charge in [0.15, 0.2) is 0 Å². The highest BCUT2D eigenvalue weighted by molar-refractivity contribution is 4.55. The average Bonchev–Trinajstić information content (AvgIpc) is 2.18. The molecule has 0 nitrogen and oxygen atoms in total. The molecule has 0 spiro atoms. The van der Waals surface area contributed by atoms with E-state index in [0.29, 0.717) is 5.41 Å². The van der Waals surface area contributed by atoms with Crippen molar-refractivity contribution in [2.24, 2.45) is 11.3 Å². The van der Waals surface area contributed by atoms with E-state index in [1.807, 2.05) is 0 Å². The summed E-state index contributed by atoms with van der Waals surface area (Å²) in [5.41, 5.74) is 0.542. The molecular weight excluding hydrogens is 264 g/mol. The van der Waals surface area contributed by atoms with E-state index in [9.17, 15) is 0 Å². The molecule has 0 aliphatic rings. The van der Waals surface area contributed by atoms with Crippen LogP contribution >= 0.6 is 0 Å². The molecule has 0 saturated heterocycles. The molecule has 0 atom stereocenters. The maximum Gasteiger partial charge on any atom is -0.0385 e. The Morgan fingerprint density at radius 3 is 0.727 bits per heavy atom. The predicted molar refractivity (Wildman–Crippen MR) is 123 cm³/mol. The van der Waals surface area contributed by atoms with Gasteiger partial charge < -0.3 is 0 Å². The molecule has 0 aliphatic heterocycles. The summed E-state index contributed by atoms with van der Waals surface area (Å²) in [4.78, 5) is 0. The zero-order valence-electron chi connectivity index (χ0n) is 12.9. The van der Waals surface area contributed by atoms with Gasteiger partial charge in [-0.1, -0.05) is 140 Å². The van der Waals surface area contributed by atoms with Gasteiger partial charge in [0, 0.05) is 0 Å². The fourth-order valence-electron chi connectivity index (χ4n) is 0. The van der Waals surface area contributed by atoms with Crippen LogP contribution in [-0.2, 0) is 0 Å². The molecular formula is C22H64. The lowest BCUT2D eigenvalue weighted by Gasteiger charge is -2.12.